The van der Waals surface area contributed by atoms with Crippen molar-refractivity contribution in [1.29, 1.82) is 0 Å². The maximum absolute atomic E-state index is 5.24. The van der Waals surface area contributed by atoms with Crippen LogP contribution in [0.4, 0.5) is 0 Å². The van der Waals surface area contributed by atoms with Crippen LogP contribution in [-0.4, -0.2) is 23.6 Å². The molecule has 2 aromatic rings. The molecular weight excluding hydrogens is 306 g/mol. The second-order valence-corrected chi connectivity index (χ2v) is 5.11. The average molecular weight is 324 g/mol. The average Bonchev–Trinajstić information content (AvgIpc) is 2.92. The van der Waals surface area contributed by atoms with E-state index in [0.717, 1.165) is 29.0 Å². The van der Waals surface area contributed by atoms with Gasteiger partial charge >= 0.3 is 0 Å². The predicted octanol–water partition coefficient (Wildman–Crippen LogP) is 3.07. The molecule has 0 radical (unpaired) electrons. The van der Waals surface area contributed by atoms with Gasteiger partial charge in [0.1, 0.15) is 11.6 Å². The molecule has 0 bridgehead atoms. The summed E-state index contributed by atoms with van der Waals surface area (Å²) in [6.07, 6.45) is 4.51. The topological polar surface area (TPSA) is 49.9 Å². The van der Waals surface area contributed by atoms with Crippen molar-refractivity contribution < 1.29 is 4.74 Å². The zero-order chi connectivity index (χ0) is 13.7. The van der Waals surface area contributed by atoms with Crippen molar-refractivity contribution in [2.75, 3.05) is 13.7 Å². The number of likely N-dealkylation sites (N-methyl/N-ethyl adjacent to an activating group) is 1. The van der Waals surface area contributed by atoms with Crippen molar-refractivity contribution in [3.8, 4) is 5.75 Å². The third-order valence-corrected chi connectivity index (χ3v) is 3.58. The molecule has 0 aliphatic heterocycles. The van der Waals surface area contributed by atoms with Crippen molar-refractivity contribution in [3.63, 3.8) is 0 Å². The minimum Gasteiger partial charge on any atom is -0.496 e. The van der Waals surface area contributed by atoms with Gasteiger partial charge in [0.15, 0.2) is 0 Å². The molecule has 2 N–H and O–H groups in total. The standard InChI is InChI=1S/C14H18BrN3O/c1-3-16-12(14-17-6-7-18-14)9-10-4-5-13(19-2)11(15)8-10/h4-8,12,16H,3,9H2,1-2H3,(H,17,18). The number of aromatic amines is 1. The van der Waals surface area contributed by atoms with E-state index in [9.17, 15) is 0 Å². The highest BCUT2D eigenvalue weighted by atomic mass is 79.9. The quantitative estimate of drug-likeness (QED) is 0.858. The minimum absolute atomic E-state index is 0.195. The highest BCUT2D eigenvalue weighted by Crippen LogP contribution is 2.27. The van der Waals surface area contributed by atoms with Crippen molar-refractivity contribution in [2.24, 2.45) is 0 Å². The van der Waals surface area contributed by atoms with Crippen LogP contribution in [0.3, 0.4) is 0 Å². The molecule has 1 aromatic heterocycles. The lowest BCUT2D eigenvalue weighted by atomic mass is 10.1. The summed E-state index contributed by atoms with van der Waals surface area (Å²) in [5.74, 6) is 1.82. The molecule has 0 aliphatic carbocycles. The van der Waals surface area contributed by atoms with Crippen LogP contribution in [0.5, 0.6) is 5.75 Å². The van der Waals surface area contributed by atoms with Gasteiger partial charge in [0.05, 0.1) is 17.6 Å². The normalized spacial score (nSPS) is 12.4. The maximum Gasteiger partial charge on any atom is 0.133 e. The summed E-state index contributed by atoms with van der Waals surface area (Å²) in [5, 5.41) is 3.44. The molecule has 0 aliphatic rings. The molecule has 0 saturated heterocycles. The van der Waals surface area contributed by atoms with Gasteiger partial charge in [-0.3, -0.25) is 0 Å². The van der Waals surface area contributed by atoms with Crippen LogP contribution >= 0.6 is 15.9 Å². The van der Waals surface area contributed by atoms with Gasteiger partial charge in [0.25, 0.3) is 0 Å². The first-order valence-electron chi connectivity index (χ1n) is 6.29. The zero-order valence-corrected chi connectivity index (χ0v) is 12.7. The number of benzene rings is 1. The summed E-state index contributed by atoms with van der Waals surface area (Å²) in [5.41, 5.74) is 1.23. The molecule has 1 atom stereocenters. The highest BCUT2D eigenvalue weighted by Gasteiger charge is 2.14. The van der Waals surface area contributed by atoms with Crippen LogP contribution in [-0.2, 0) is 6.42 Å². The van der Waals surface area contributed by atoms with E-state index in [1.54, 1.807) is 13.3 Å². The number of nitrogens with one attached hydrogen (secondary N) is 2. The number of hydrogen-bond donors (Lipinski definition) is 2. The molecule has 0 saturated carbocycles. The van der Waals surface area contributed by atoms with Crippen LogP contribution in [0.2, 0.25) is 0 Å². The second-order valence-electron chi connectivity index (χ2n) is 4.26. The Hall–Kier alpha value is -1.33. The third-order valence-electron chi connectivity index (χ3n) is 2.96. The number of methoxy groups -OCH3 is 1. The number of aromatic nitrogens is 2. The fraction of sp³-hybridized carbons (Fsp3) is 0.357. The molecule has 0 fully saturated rings. The van der Waals surface area contributed by atoms with Crippen LogP contribution in [0.15, 0.2) is 35.1 Å². The molecule has 4 nitrogen and oxygen atoms in total. The molecule has 0 amide bonds. The van der Waals surface area contributed by atoms with Gasteiger partial charge in [-0.25, -0.2) is 4.98 Å². The molecule has 1 unspecified atom stereocenters. The summed E-state index contributed by atoms with van der Waals surface area (Å²) in [6, 6.07) is 6.34. The van der Waals surface area contributed by atoms with Crippen molar-refractivity contribution in [1.82, 2.24) is 15.3 Å². The minimum atomic E-state index is 0.195. The predicted molar refractivity (Wildman–Crippen MR) is 79.4 cm³/mol. The van der Waals surface area contributed by atoms with Gasteiger partial charge in [-0.2, -0.15) is 0 Å². The Balaban J connectivity index is 2.15. The van der Waals surface area contributed by atoms with E-state index < -0.39 is 0 Å². The molecule has 1 heterocycles. The second kappa shape index (κ2) is 6.73. The smallest absolute Gasteiger partial charge is 0.133 e. The van der Waals surface area contributed by atoms with Crippen molar-refractivity contribution >= 4 is 15.9 Å². The fourth-order valence-electron chi connectivity index (χ4n) is 2.05. The molecule has 2 rings (SSSR count). The Bertz CT molecular complexity index is 513. The lowest BCUT2D eigenvalue weighted by Gasteiger charge is -2.16. The van der Waals surface area contributed by atoms with Gasteiger partial charge in [-0.1, -0.05) is 13.0 Å². The summed E-state index contributed by atoms with van der Waals surface area (Å²) in [4.78, 5) is 7.50. The van der Waals surface area contributed by atoms with E-state index in [1.165, 1.54) is 5.56 Å². The SMILES string of the molecule is CCNC(Cc1ccc(OC)c(Br)c1)c1ncc[nH]1. The number of H-pyrrole nitrogens is 1. The van der Waals surface area contributed by atoms with Gasteiger partial charge < -0.3 is 15.0 Å². The monoisotopic (exact) mass is 323 g/mol. The Morgan fingerprint density at radius 3 is 2.89 bits per heavy atom. The Morgan fingerprint density at radius 2 is 2.32 bits per heavy atom. The lowest BCUT2D eigenvalue weighted by molar-refractivity contribution is 0.412. The van der Waals surface area contributed by atoms with Gasteiger partial charge in [-0.15, -0.1) is 0 Å². The molecular formula is C14H18BrN3O. The molecule has 19 heavy (non-hydrogen) atoms. The zero-order valence-electron chi connectivity index (χ0n) is 11.1. The number of nitrogens with zero attached hydrogens (tertiary/aromatic N) is 1. The Morgan fingerprint density at radius 1 is 1.47 bits per heavy atom. The Labute approximate surface area is 121 Å². The number of halogens is 1. The fourth-order valence-corrected chi connectivity index (χ4v) is 2.64. The van der Waals surface area contributed by atoms with Crippen LogP contribution in [0, 0.1) is 0 Å². The van der Waals surface area contributed by atoms with Crippen molar-refractivity contribution in [2.45, 2.75) is 19.4 Å². The first-order chi connectivity index (χ1) is 9.24. The third kappa shape index (κ3) is 3.58. The van der Waals surface area contributed by atoms with Gasteiger partial charge in [0.2, 0.25) is 0 Å². The first kappa shape index (κ1) is 14.1. The number of hydrogen-bond acceptors (Lipinski definition) is 3. The number of rotatable bonds is 6. The molecule has 1 aromatic carbocycles. The van der Waals surface area contributed by atoms with Gasteiger partial charge in [0, 0.05) is 12.4 Å². The number of imidazole rings is 1. The van der Waals surface area contributed by atoms with E-state index in [2.05, 4.69) is 50.3 Å². The van der Waals surface area contributed by atoms with Gasteiger partial charge in [-0.05, 0) is 46.6 Å². The number of ether oxygens (including phenoxy) is 1. The van der Waals surface area contributed by atoms with E-state index >= 15 is 0 Å². The van der Waals surface area contributed by atoms with Crippen LogP contribution < -0.4 is 10.1 Å². The largest absolute Gasteiger partial charge is 0.496 e. The summed E-state index contributed by atoms with van der Waals surface area (Å²) < 4.78 is 6.22. The van der Waals surface area contributed by atoms with Crippen molar-refractivity contribution in [3.05, 3.63) is 46.5 Å². The molecule has 5 heteroatoms. The first-order valence-corrected chi connectivity index (χ1v) is 7.09. The van der Waals surface area contributed by atoms with E-state index in [1.807, 2.05) is 12.3 Å². The van der Waals surface area contributed by atoms with E-state index in [-0.39, 0.29) is 6.04 Å². The maximum atomic E-state index is 5.24. The summed E-state index contributed by atoms with van der Waals surface area (Å²) >= 11 is 3.52. The highest BCUT2D eigenvalue weighted by molar-refractivity contribution is 9.10. The Kier molecular flexibility index (Phi) is 4.99. The lowest BCUT2D eigenvalue weighted by Crippen LogP contribution is -2.24. The summed E-state index contributed by atoms with van der Waals surface area (Å²) in [7, 11) is 1.67. The van der Waals surface area contributed by atoms with E-state index in [4.69, 9.17) is 4.74 Å². The van der Waals surface area contributed by atoms with Crippen LogP contribution in [0.1, 0.15) is 24.4 Å². The summed E-state index contributed by atoms with van der Waals surface area (Å²) in [6.45, 7) is 3.00. The van der Waals surface area contributed by atoms with Crippen LogP contribution in [0.25, 0.3) is 0 Å². The molecule has 0 spiro atoms. The molecule has 102 valence electrons. The van der Waals surface area contributed by atoms with E-state index in [0.29, 0.717) is 0 Å².